The van der Waals surface area contributed by atoms with Crippen LogP contribution in [0.4, 0.5) is 4.79 Å². The molecule has 3 N–H and O–H groups in total. The zero-order valence-corrected chi connectivity index (χ0v) is 11.5. The van der Waals surface area contributed by atoms with Gasteiger partial charge in [-0.1, -0.05) is 19.3 Å². The number of hydrogen-bond donors (Lipinski definition) is 3. The second-order valence-corrected chi connectivity index (χ2v) is 6.06. The van der Waals surface area contributed by atoms with Crippen molar-refractivity contribution >= 4 is 12.0 Å². The van der Waals surface area contributed by atoms with Crippen molar-refractivity contribution in [1.82, 2.24) is 10.6 Å². The molecule has 1 saturated carbocycles. The van der Waals surface area contributed by atoms with Crippen LogP contribution < -0.4 is 10.6 Å². The van der Waals surface area contributed by atoms with E-state index in [2.05, 4.69) is 10.6 Å². The van der Waals surface area contributed by atoms with Gasteiger partial charge >= 0.3 is 12.0 Å². The molecular formula is C13H24N2O3. The molecule has 1 fully saturated rings. The van der Waals surface area contributed by atoms with E-state index in [1.54, 1.807) is 0 Å². The zero-order chi connectivity index (χ0) is 13.8. The van der Waals surface area contributed by atoms with Crippen molar-refractivity contribution in [2.75, 3.05) is 0 Å². The van der Waals surface area contributed by atoms with Crippen molar-refractivity contribution in [3.05, 3.63) is 0 Å². The van der Waals surface area contributed by atoms with Gasteiger partial charge in [-0.15, -0.1) is 0 Å². The number of nitrogens with one attached hydrogen (secondary N) is 2. The Morgan fingerprint density at radius 2 is 1.72 bits per heavy atom. The summed E-state index contributed by atoms with van der Waals surface area (Å²) < 4.78 is 0. The second-order valence-electron chi connectivity index (χ2n) is 6.06. The van der Waals surface area contributed by atoms with Gasteiger partial charge in [0.2, 0.25) is 0 Å². The Morgan fingerprint density at radius 3 is 2.17 bits per heavy atom. The molecule has 0 aromatic carbocycles. The van der Waals surface area contributed by atoms with Crippen LogP contribution in [0.3, 0.4) is 0 Å². The smallest absolute Gasteiger partial charge is 0.326 e. The third-order valence-electron chi connectivity index (χ3n) is 3.16. The standard InChI is InChI=1S/C13H24N2O3/c1-13(2,3)15-12(18)14-10(11(16)17)9-7-5-4-6-8-9/h9-10H,4-8H2,1-3H3,(H,16,17)(H2,14,15,18). The lowest BCUT2D eigenvalue weighted by molar-refractivity contribution is -0.141. The Morgan fingerprint density at radius 1 is 1.17 bits per heavy atom. The predicted molar refractivity (Wildman–Crippen MR) is 69.4 cm³/mol. The molecule has 0 bridgehead atoms. The lowest BCUT2D eigenvalue weighted by Gasteiger charge is -2.29. The number of urea groups is 1. The molecule has 0 aromatic rings. The minimum atomic E-state index is -0.939. The minimum absolute atomic E-state index is 0.0574. The van der Waals surface area contributed by atoms with Crippen LogP contribution in [0, 0.1) is 5.92 Å². The molecule has 5 heteroatoms. The van der Waals surface area contributed by atoms with E-state index in [1.807, 2.05) is 20.8 Å². The molecular weight excluding hydrogens is 232 g/mol. The van der Waals surface area contributed by atoms with E-state index < -0.39 is 18.0 Å². The first-order chi connectivity index (χ1) is 8.29. The fourth-order valence-corrected chi connectivity index (χ4v) is 2.37. The molecule has 0 spiro atoms. The van der Waals surface area contributed by atoms with Crippen molar-refractivity contribution in [2.45, 2.75) is 64.5 Å². The number of carbonyl (C=O) groups is 2. The molecule has 1 unspecified atom stereocenters. The number of carboxylic acid groups (broad SMARTS) is 1. The maximum Gasteiger partial charge on any atom is 0.326 e. The minimum Gasteiger partial charge on any atom is -0.480 e. The highest BCUT2D eigenvalue weighted by Crippen LogP contribution is 2.26. The quantitative estimate of drug-likeness (QED) is 0.723. The van der Waals surface area contributed by atoms with Crippen LogP contribution in [0.15, 0.2) is 0 Å². The number of carbonyl (C=O) groups excluding carboxylic acids is 1. The first kappa shape index (κ1) is 14.8. The first-order valence-electron chi connectivity index (χ1n) is 6.61. The Bertz CT molecular complexity index is 304. The third kappa shape index (κ3) is 4.94. The van der Waals surface area contributed by atoms with E-state index in [0.29, 0.717) is 0 Å². The molecule has 1 aliphatic carbocycles. The fourth-order valence-electron chi connectivity index (χ4n) is 2.37. The van der Waals surface area contributed by atoms with Crippen LogP contribution >= 0.6 is 0 Å². The first-order valence-corrected chi connectivity index (χ1v) is 6.61. The summed E-state index contributed by atoms with van der Waals surface area (Å²) in [6.45, 7) is 5.59. The summed E-state index contributed by atoms with van der Waals surface area (Å²) >= 11 is 0. The van der Waals surface area contributed by atoms with Gasteiger partial charge in [0.25, 0.3) is 0 Å². The van der Waals surface area contributed by atoms with Gasteiger partial charge in [-0.25, -0.2) is 9.59 Å². The van der Waals surface area contributed by atoms with Crippen LogP contribution in [0.1, 0.15) is 52.9 Å². The van der Waals surface area contributed by atoms with Crippen LogP contribution in [0.5, 0.6) is 0 Å². The summed E-state index contributed by atoms with van der Waals surface area (Å²) in [4.78, 5) is 23.0. The lowest BCUT2D eigenvalue weighted by Crippen LogP contribution is -2.54. The van der Waals surface area contributed by atoms with Crippen LogP contribution in [0.25, 0.3) is 0 Å². The molecule has 104 valence electrons. The van der Waals surface area contributed by atoms with Crippen molar-refractivity contribution < 1.29 is 14.7 Å². The summed E-state index contributed by atoms with van der Waals surface area (Å²) in [5, 5.41) is 14.6. The number of aliphatic carboxylic acids is 1. The number of hydrogen-bond acceptors (Lipinski definition) is 2. The van der Waals surface area contributed by atoms with Crippen LogP contribution in [0.2, 0.25) is 0 Å². The van der Waals surface area contributed by atoms with Crippen molar-refractivity contribution in [2.24, 2.45) is 5.92 Å². The molecule has 0 saturated heterocycles. The summed E-state index contributed by atoms with van der Waals surface area (Å²) in [5.74, 6) is -0.882. The average Bonchev–Trinajstić information content (AvgIpc) is 2.24. The van der Waals surface area contributed by atoms with E-state index in [-0.39, 0.29) is 11.5 Å². The lowest BCUT2D eigenvalue weighted by atomic mass is 9.84. The van der Waals surface area contributed by atoms with Gasteiger partial charge in [-0.3, -0.25) is 0 Å². The van der Waals surface area contributed by atoms with Crippen molar-refractivity contribution in [3.8, 4) is 0 Å². The number of carboxylic acids is 1. The highest BCUT2D eigenvalue weighted by atomic mass is 16.4. The van der Waals surface area contributed by atoms with Gasteiger partial charge in [0, 0.05) is 5.54 Å². The summed E-state index contributed by atoms with van der Waals surface area (Å²) in [6, 6.07) is -1.17. The molecule has 0 aromatic heterocycles. The van der Waals surface area contributed by atoms with E-state index in [9.17, 15) is 14.7 Å². The van der Waals surface area contributed by atoms with Gasteiger partial charge in [0.1, 0.15) is 6.04 Å². The van der Waals surface area contributed by atoms with E-state index in [0.717, 1.165) is 32.1 Å². The van der Waals surface area contributed by atoms with Gasteiger partial charge in [-0.2, -0.15) is 0 Å². The predicted octanol–water partition coefficient (Wildman–Crippen LogP) is 2.12. The van der Waals surface area contributed by atoms with Crippen molar-refractivity contribution in [1.29, 1.82) is 0 Å². The SMILES string of the molecule is CC(C)(C)NC(=O)NC(C(=O)O)C1CCCCC1. The molecule has 0 heterocycles. The van der Waals surface area contributed by atoms with Crippen LogP contribution in [-0.2, 0) is 4.79 Å². The monoisotopic (exact) mass is 256 g/mol. The van der Waals surface area contributed by atoms with Gasteiger partial charge in [0.15, 0.2) is 0 Å². The summed E-state index contributed by atoms with van der Waals surface area (Å²) in [6.07, 6.45) is 5.03. The maximum atomic E-state index is 11.7. The molecule has 1 atom stereocenters. The largest absolute Gasteiger partial charge is 0.480 e. The topological polar surface area (TPSA) is 78.4 Å². The molecule has 2 amide bonds. The molecule has 1 rings (SSSR count). The third-order valence-corrected chi connectivity index (χ3v) is 3.16. The maximum absolute atomic E-state index is 11.7. The molecule has 0 aliphatic heterocycles. The average molecular weight is 256 g/mol. The normalized spacial score (nSPS) is 19.1. The Kier molecular flexibility index (Phi) is 4.99. The van der Waals surface area contributed by atoms with Gasteiger partial charge in [0.05, 0.1) is 0 Å². The Hall–Kier alpha value is -1.26. The van der Waals surface area contributed by atoms with Gasteiger partial charge < -0.3 is 15.7 Å². The van der Waals surface area contributed by atoms with E-state index in [1.165, 1.54) is 0 Å². The highest BCUT2D eigenvalue weighted by Gasteiger charge is 2.31. The van der Waals surface area contributed by atoms with Gasteiger partial charge in [-0.05, 0) is 39.5 Å². The second kappa shape index (κ2) is 6.07. The number of amides is 2. The summed E-state index contributed by atoms with van der Waals surface area (Å²) in [7, 11) is 0. The fraction of sp³-hybridized carbons (Fsp3) is 0.846. The highest BCUT2D eigenvalue weighted by molar-refractivity contribution is 5.83. The molecule has 18 heavy (non-hydrogen) atoms. The van der Waals surface area contributed by atoms with Crippen LogP contribution in [-0.4, -0.2) is 28.7 Å². The molecule has 0 radical (unpaired) electrons. The van der Waals surface area contributed by atoms with Crippen molar-refractivity contribution in [3.63, 3.8) is 0 Å². The number of rotatable bonds is 3. The Labute approximate surface area is 108 Å². The summed E-state index contributed by atoms with van der Waals surface area (Å²) in [5.41, 5.74) is -0.361. The Balaban J connectivity index is 2.57. The molecule has 1 aliphatic rings. The zero-order valence-electron chi connectivity index (χ0n) is 11.5. The molecule has 5 nitrogen and oxygen atoms in total. The van der Waals surface area contributed by atoms with E-state index in [4.69, 9.17) is 0 Å². The van der Waals surface area contributed by atoms with E-state index >= 15 is 0 Å².